The molecule has 0 fully saturated rings. The van der Waals surface area contributed by atoms with Crippen LogP contribution in [0.3, 0.4) is 0 Å². The molecule has 1 N–H and O–H groups in total. The molecule has 1 amide bonds. The fourth-order valence-electron chi connectivity index (χ4n) is 2.13. The molecular weight excluding hydrogens is 376 g/mol. The second kappa shape index (κ2) is 8.47. The molecule has 0 spiro atoms. The second-order valence-corrected chi connectivity index (χ2v) is 7.35. The number of rotatable bonds is 7. The molecule has 0 aliphatic heterocycles. The summed E-state index contributed by atoms with van der Waals surface area (Å²) in [5.41, 5.74) is 0. The van der Waals surface area contributed by atoms with E-state index in [0.717, 1.165) is 4.47 Å². The summed E-state index contributed by atoms with van der Waals surface area (Å²) in [6.07, 6.45) is -0.540. The Morgan fingerprint density at radius 1 is 1.30 bits per heavy atom. The van der Waals surface area contributed by atoms with Gasteiger partial charge in [0.1, 0.15) is 5.75 Å². The van der Waals surface area contributed by atoms with Gasteiger partial charge in [0.2, 0.25) is 0 Å². The number of carbonyl (C=O) groups is 1. The summed E-state index contributed by atoms with van der Waals surface area (Å²) in [7, 11) is 4.02. The largest absolute Gasteiger partial charge is 0.481 e. The average molecular weight is 397 g/mol. The maximum absolute atomic E-state index is 12.3. The molecule has 1 aromatic heterocycles. The molecule has 0 saturated carbocycles. The van der Waals surface area contributed by atoms with E-state index >= 15 is 0 Å². The number of nitrogens with zero attached hydrogens (tertiary/aromatic N) is 1. The van der Waals surface area contributed by atoms with Crippen LogP contribution in [0.25, 0.3) is 0 Å². The van der Waals surface area contributed by atoms with Gasteiger partial charge in [-0.3, -0.25) is 4.79 Å². The lowest BCUT2D eigenvalue weighted by Crippen LogP contribution is -2.40. The lowest BCUT2D eigenvalue weighted by molar-refractivity contribution is -0.127. The third kappa shape index (κ3) is 5.34. The monoisotopic (exact) mass is 396 g/mol. The van der Waals surface area contributed by atoms with Crippen LogP contribution in [0.2, 0.25) is 0 Å². The van der Waals surface area contributed by atoms with Crippen LogP contribution < -0.4 is 10.1 Å². The van der Waals surface area contributed by atoms with Crippen molar-refractivity contribution in [3.05, 3.63) is 51.1 Å². The SMILES string of the molecule is CC(Oc1ccc(Br)cc1)C(=O)NCC(c1cccs1)N(C)C. The van der Waals surface area contributed by atoms with Crippen molar-refractivity contribution in [3.8, 4) is 5.75 Å². The lowest BCUT2D eigenvalue weighted by Gasteiger charge is -2.24. The number of hydrogen-bond donors (Lipinski definition) is 1. The van der Waals surface area contributed by atoms with Crippen molar-refractivity contribution < 1.29 is 9.53 Å². The summed E-state index contributed by atoms with van der Waals surface area (Å²) in [5.74, 6) is 0.564. The predicted molar refractivity (Wildman–Crippen MR) is 98.0 cm³/mol. The zero-order valence-corrected chi connectivity index (χ0v) is 15.9. The molecule has 2 unspecified atom stereocenters. The zero-order valence-electron chi connectivity index (χ0n) is 13.5. The molecule has 23 heavy (non-hydrogen) atoms. The van der Waals surface area contributed by atoms with Gasteiger partial charge in [0, 0.05) is 15.9 Å². The van der Waals surface area contributed by atoms with Crippen LogP contribution >= 0.6 is 27.3 Å². The molecule has 0 aliphatic carbocycles. The van der Waals surface area contributed by atoms with Crippen LogP contribution in [0.15, 0.2) is 46.3 Å². The highest BCUT2D eigenvalue weighted by atomic mass is 79.9. The number of ether oxygens (including phenoxy) is 1. The van der Waals surface area contributed by atoms with Gasteiger partial charge in [-0.25, -0.2) is 0 Å². The van der Waals surface area contributed by atoms with Crippen LogP contribution in [-0.2, 0) is 4.79 Å². The van der Waals surface area contributed by atoms with Gasteiger partial charge >= 0.3 is 0 Å². The van der Waals surface area contributed by atoms with Crippen molar-refractivity contribution in [3.63, 3.8) is 0 Å². The van der Waals surface area contributed by atoms with Crippen LogP contribution in [-0.4, -0.2) is 37.6 Å². The maximum Gasteiger partial charge on any atom is 0.260 e. The van der Waals surface area contributed by atoms with E-state index < -0.39 is 6.10 Å². The second-order valence-electron chi connectivity index (χ2n) is 5.45. The van der Waals surface area contributed by atoms with Gasteiger partial charge < -0.3 is 15.0 Å². The average Bonchev–Trinajstić information content (AvgIpc) is 3.03. The molecule has 1 aromatic carbocycles. The Hall–Kier alpha value is -1.37. The molecule has 2 aromatic rings. The molecule has 2 atom stereocenters. The first-order valence-corrected chi connectivity index (χ1v) is 9.04. The van der Waals surface area contributed by atoms with E-state index in [4.69, 9.17) is 4.74 Å². The molecule has 2 rings (SSSR count). The van der Waals surface area contributed by atoms with Gasteiger partial charge in [-0.1, -0.05) is 22.0 Å². The van der Waals surface area contributed by atoms with Crippen molar-refractivity contribution >= 4 is 33.2 Å². The number of nitrogens with one attached hydrogen (secondary N) is 1. The van der Waals surface area contributed by atoms with Crippen molar-refractivity contribution in [2.75, 3.05) is 20.6 Å². The fourth-order valence-corrected chi connectivity index (χ4v) is 3.32. The summed E-state index contributed by atoms with van der Waals surface area (Å²) >= 11 is 5.07. The molecule has 124 valence electrons. The zero-order chi connectivity index (χ0) is 16.8. The summed E-state index contributed by atoms with van der Waals surface area (Å²) < 4.78 is 6.65. The van der Waals surface area contributed by atoms with Gasteiger partial charge in [-0.2, -0.15) is 0 Å². The first-order valence-electron chi connectivity index (χ1n) is 7.37. The molecule has 6 heteroatoms. The Kier molecular flexibility index (Phi) is 6.62. The van der Waals surface area contributed by atoms with Gasteiger partial charge in [0.25, 0.3) is 5.91 Å². The topological polar surface area (TPSA) is 41.6 Å². The number of halogens is 1. The fraction of sp³-hybridized carbons (Fsp3) is 0.353. The molecule has 0 saturated heterocycles. The quantitative estimate of drug-likeness (QED) is 0.775. The first kappa shape index (κ1) is 18.0. The highest BCUT2D eigenvalue weighted by molar-refractivity contribution is 9.10. The number of carbonyl (C=O) groups excluding carboxylic acids is 1. The number of likely N-dealkylation sites (N-methyl/N-ethyl adjacent to an activating group) is 1. The Labute approximate surface area is 149 Å². The summed E-state index contributed by atoms with van der Waals surface area (Å²) in [6, 6.07) is 11.7. The normalized spacial score (nSPS) is 13.6. The van der Waals surface area contributed by atoms with E-state index in [-0.39, 0.29) is 11.9 Å². The molecule has 0 radical (unpaired) electrons. The third-order valence-electron chi connectivity index (χ3n) is 3.46. The van der Waals surface area contributed by atoms with E-state index in [0.29, 0.717) is 12.3 Å². The highest BCUT2D eigenvalue weighted by Crippen LogP contribution is 2.22. The minimum absolute atomic E-state index is 0.115. The van der Waals surface area contributed by atoms with Crippen molar-refractivity contribution in [2.45, 2.75) is 19.1 Å². The predicted octanol–water partition coefficient (Wildman–Crippen LogP) is 3.70. The van der Waals surface area contributed by atoms with E-state index in [1.54, 1.807) is 18.3 Å². The third-order valence-corrected chi connectivity index (χ3v) is 4.96. The van der Waals surface area contributed by atoms with Gasteiger partial charge in [-0.15, -0.1) is 11.3 Å². The Bertz CT molecular complexity index is 614. The van der Waals surface area contributed by atoms with Crippen LogP contribution in [0.4, 0.5) is 0 Å². The smallest absolute Gasteiger partial charge is 0.260 e. The summed E-state index contributed by atoms with van der Waals surface area (Å²) in [4.78, 5) is 15.6. The summed E-state index contributed by atoms with van der Waals surface area (Å²) in [5, 5.41) is 5.02. The number of thiophene rings is 1. The number of hydrogen-bond acceptors (Lipinski definition) is 4. The van der Waals surface area contributed by atoms with Crippen molar-refractivity contribution in [1.82, 2.24) is 10.2 Å². The van der Waals surface area contributed by atoms with E-state index in [9.17, 15) is 4.79 Å². The van der Waals surface area contributed by atoms with E-state index in [1.165, 1.54) is 4.88 Å². The lowest BCUT2D eigenvalue weighted by atomic mass is 10.2. The molecule has 1 heterocycles. The van der Waals surface area contributed by atoms with E-state index in [1.807, 2.05) is 49.8 Å². The molecule has 0 aliphatic rings. The minimum Gasteiger partial charge on any atom is -0.481 e. The Morgan fingerprint density at radius 3 is 2.57 bits per heavy atom. The molecular formula is C17H21BrN2O2S. The van der Waals surface area contributed by atoms with Crippen LogP contribution in [0.1, 0.15) is 17.8 Å². The highest BCUT2D eigenvalue weighted by Gasteiger charge is 2.19. The maximum atomic E-state index is 12.3. The van der Waals surface area contributed by atoms with Crippen molar-refractivity contribution in [1.29, 1.82) is 0 Å². The van der Waals surface area contributed by atoms with Crippen molar-refractivity contribution in [2.24, 2.45) is 0 Å². The van der Waals surface area contributed by atoms with Gasteiger partial charge in [0.15, 0.2) is 6.10 Å². The standard InChI is InChI=1S/C17H21BrN2O2S/c1-12(22-14-8-6-13(18)7-9-14)17(21)19-11-15(20(2)3)16-5-4-10-23-16/h4-10,12,15H,11H2,1-3H3,(H,19,21). The first-order chi connectivity index (χ1) is 11.0. The molecule has 4 nitrogen and oxygen atoms in total. The Balaban J connectivity index is 1.88. The van der Waals surface area contributed by atoms with Crippen LogP contribution in [0.5, 0.6) is 5.75 Å². The van der Waals surface area contributed by atoms with Crippen LogP contribution in [0, 0.1) is 0 Å². The number of benzene rings is 1. The minimum atomic E-state index is -0.540. The van der Waals surface area contributed by atoms with Gasteiger partial charge in [-0.05, 0) is 56.7 Å². The van der Waals surface area contributed by atoms with Gasteiger partial charge in [0.05, 0.1) is 6.04 Å². The Morgan fingerprint density at radius 2 is 2.00 bits per heavy atom. The molecule has 0 bridgehead atoms. The number of amides is 1. The van der Waals surface area contributed by atoms with E-state index in [2.05, 4.69) is 32.2 Å². The summed E-state index contributed by atoms with van der Waals surface area (Å²) in [6.45, 7) is 2.31.